The number of carbonyl (C=O) groups is 1. The Kier molecular flexibility index (Phi) is 4.88. The van der Waals surface area contributed by atoms with Gasteiger partial charge in [-0.05, 0) is 44.4 Å². The molecule has 0 unspecified atom stereocenters. The highest BCUT2D eigenvalue weighted by Gasteiger charge is 2.26. The van der Waals surface area contributed by atoms with E-state index in [4.69, 9.17) is 9.47 Å². The first-order chi connectivity index (χ1) is 9.65. The van der Waals surface area contributed by atoms with Gasteiger partial charge in [-0.25, -0.2) is 0 Å². The maximum Gasteiger partial charge on any atom is 0.223 e. The number of rotatable bonds is 6. The third-order valence-electron chi connectivity index (χ3n) is 3.82. The number of amides is 1. The Morgan fingerprint density at radius 3 is 2.70 bits per heavy atom. The summed E-state index contributed by atoms with van der Waals surface area (Å²) in [4.78, 5) is 12.0. The lowest BCUT2D eigenvalue weighted by molar-refractivity contribution is -0.128. The summed E-state index contributed by atoms with van der Waals surface area (Å²) in [6.45, 7) is 4.53. The maximum atomic E-state index is 12.0. The lowest BCUT2D eigenvalue weighted by Gasteiger charge is -2.26. The number of nitrogens with one attached hydrogen (secondary N) is 1. The van der Waals surface area contributed by atoms with Gasteiger partial charge in [0, 0.05) is 5.92 Å². The molecule has 1 aliphatic rings. The van der Waals surface area contributed by atoms with Gasteiger partial charge >= 0.3 is 0 Å². The molecule has 1 aromatic rings. The van der Waals surface area contributed by atoms with Crippen LogP contribution in [-0.4, -0.2) is 19.6 Å². The molecule has 1 amide bonds. The average Bonchev–Trinajstić information content (AvgIpc) is 2.37. The zero-order valence-electron chi connectivity index (χ0n) is 12.4. The molecular formula is C16H23NO3. The number of benzene rings is 1. The normalized spacial score (nSPS) is 16.1. The summed E-state index contributed by atoms with van der Waals surface area (Å²) in [5.41, 5.74) is 1.03. The van der Waals surface area contributed by atoms with E-state index in [0.29, 0.717) is 12.4 Å². The van der Waals surface area contributed by atoms with Crippen molar-refractivity contribution < 1.29 is 14.3 Å². The minimum absolute atomic E-state index is 0.0207. The van der Waals surface area contributed by atoms with Crippen molar-refractivity contribution in [2.75, 3.05) is 13.7 Å². The van der Waals surface area contributed by atoms with Gasteiger partial charge in [-0.15, -0.1) is 0 Å². The maximum absolute atomic E-state index is 12.0. The molecule has 1 fully saturated rings. The minimum Gasteiger partial charge on any atom is -0.493 e. The van der Waals surface area contributed by atoms with Gasteiger partial charge in [-0.3, -0.25) is 4.79 Å². The van der Waals surface area contributed by atoms with Crippen LogP contribution in [0.15, 0.2) is 18.2 Å². The number of methoxy groups -OCH3 is 1. The minimum atomic E-state index is -0.0207. The van der Waals surface area contributed by atoms with E-state index in [9.17, 15) is 4.79 Å². The lowest BCUT2D eigenvalue weighted by Crippen LogP contribution is -2.35. The SMILES string of the molecule is CCOc1ccc([C@H](C)NC(=O)C2CCC2)cc1OC. The van der Waals surface area contributed by atoms with Crippen LogP contribution >= 0.6 is 0 Å². The highest BCUT2D eigenvalue weighted by molar-refractivity contribution is 5.79. The molecule has 0 bridgehead atoms. The molecule has 1 atom stereocenters. The zero-order valence-corrected chi connectivity index (χ0v) is 12.4. The van der Waals surface area contributed by atoms with E-state index in [2.05, 4.69) is 5.32 Å². The molecule has 0 radical (unpaired) electrons. The van der Waals surface area contributed by atoms with Crippen LogP contribution in [0.5, 0.6) is 11.5 Å². The molecule has 0 spiro atoms. The largest absolute Gasteiger partial charge is 0.493 e. The number of ether oxygens (including phenoxy) is 2. The predicted octanol–water partition coefficient (Wildman–Crippen LogP) is 3.07. The number of hydrogen-bond donors (Lipinski definition) is 1. The topological polar surface area (TPSA) is 47.6 Å². The van der Waals surface area contributed by atoms with Gasteiger partial charge in [0.15, 0.2) is 11.5 Å². The average molecular weight is 277 g/mol. The van der Waals surface area contributed by atoms with Crippen LogP contribution in [0.25, 0.3) is 0 Å². The van der Waals surface area contributed by atoms with Crippen molar-refractivity contribution >= 4 is 5.91 Å². The smallest absolute Gasteiger partial charge is 0.223 e. The summed E-state index contributed by atoms with van der Waals surface area (Å²) in [5.74, 6) is 1.81. The third-order valence-corrected chi connectivity index (χ3v) is 3.82. The molecule has 0 aliphatic heterocycles. The van der Waals surface area contributed by atoms with Crippen molar-refractivity contribution in [1.82, 2.24) is 5.32 Å². The highest BCUT2D eigenvalue weighted by Crippen LogP contribution is 2.31. The van der Waals surface area contributed by atoms with Crippen molar-refractivity contribution in [1.29, 1.82) is 0 Å². The van der Waals surface area contributed by atoms with E-state index in [1.807, 2.05) is 32.0 Å². The molecule has 4 nitrogen and oxygen atoms in total. The van der Waals surface area contributed by atoms with Gasteiger partial charge in [-0.1, -0.05) is 12.5 Å². The first kappa shape index (κ1) is 14.7. The van der Waals surface area contributed by atoms with Crippen molar-refractivity contribution in [2.45, 2.75) is 39.2 Å². The zero-order chi connectivity index (χ0) is 14.5. The summed E-state index contributed by atoms with van der Waals surface area (Å²) >= 11 is 0. The summed E-state index contributed by atoms with van der Waals surface area (Å²) < 4.78 is 10.8. The molecule has 20 heavy (non-hydrogen) atoms. The van der Waals surface area contributed by atoms with Crippen molar-refractivity contribution in [3.05, 3.63) is 23.8 Å². The first-order valence-electron chi connectivity index (χ1n) is 7.26. The highest BCUT2D eigenvalue weighted by atomic mass is 16.5. The second kappa shape index (κ2) is 6.64. The molecule has 4 heteroatoms. The predicted molar refractivity (Wildman–Crippen MR) is 78.1 cm³/mol. The second-order valence-corrected chi connectivity index (χ2v) is 5.20. The first-order valence-corrected chi connectivity index (χ1v) is 7.26. The fourth-order valence-corrected chi connectivity index (χ4v) is 2.31. The van der Waals surface area contributed by atoms with E-state index < -0.39 is 0 Å². The van der Waals surface area contributed by atoms with Crippen LogP contribution in [-0.2, 0) is 4.79 Å². The molecule has 1 aromatic carbocycles. The van der Waals surface area contributed by atoms with Gasteiger partial charge in [0.25, 0.3) is 0 Å². The monoisotopic (exact) mass is 277 g/mol. The molecule has 0 saturated heterocycles. The molecular weight excluding hydrogens is 254 g/mol. The summed E-state index contributed by atoms with van der Waals surface area (Å²) in [6.07, 6.45) is 3.21. The van der Waals surface area contributed by atoms with Crippen molar-refractivity contribution in [3.8, 4) is 11.5 Å². The van der Waals surface area contributed by atoms with Crippen LogP contribution < -0.4 is 14.8 Å². The standard InChI is InChI=1S/C16H23NO3/c1-4-20-14-9-8-13(10-15(14)19-3)11(2)17-16(18)12-6-5-7-12/h8-12H,4-7H2,1-3H3,(H,17,18)/t11-/m0/s1. The van der Waals surface area contributed by atoms with Crippen molar-refractivity contribution in [3.63, 3.8) is 0 Å². The Hall–Kier alpha value is -1.71. The van der Waals surface area contributed by atoms with E-state index in [-0.39, 0.29) is 17.9 Å². The van der Waals surface area contributed by atoms with E-state index >= 15 is 0 Å². The van der Waals surface area contributed by atoms with Crippen LogP contribution in [0.2, 0.25) is 0 Å². The van der Waals surface area contributed by atoms with E-state index in [1.165, 1.54) is 6.42 Å². The Labute approximate surface area is 120 Å². The number of carbonyl (C=O) groups excluding carboxylic acids is 1. The Morgan fingerprint density at radius 1 is 1.40 bits per heavy atom. The Morgan fingerprint density at radius 2 is 2.15 bits per heavy atom. The fraction of sp³-hybridized carbons (Fsp3) is 0.562. The summed E-state index contributed by atoms with van der Waals surface area (Å²) in [5, 5.41) is 3.07. The summed E-state index contributed by atoms with van der Waals surface area (Å²) in [6, 6.07) is 5.77. The number of hydrogen-bond acceptors (Lipinski definition) is 3. The molecule has 0 aromatic heterocycles. The van der Waals surface area contributed by atoms with Gasteiger partial charge in [-0.2, -0.15) is 0 Å². The van der Waals surface area contributed by atoms with Gasteiger partial charge < -0.3 is 14.8 Å². The van der Waals surface area contributed by atoms with Crippen LogP contribution in [0.1, 0.15) is 44.7 Å². The molecule has 2 rings (SSSR count). The van der Waals surface area contributed by atoms with E-state index in [0.717, 1.165) is 24.2 Å². The molecule has 1 N–H and O–H groups in total. The molecule has 110 valence electrons. The molecule has 1 aliphatic carbocycles. The van der Waals surface area contributed by atoms with Gasteiger partial charge in [0.2, 0.25) is 5.91 Å². The Balaban J connectivity index is 2.05. The van der Waals surface area contributed by atoms with Gasteiger partial charge in [0.05, 0.1) is 19.8 Å². The van der Waals surface area contributed by atoms with Crippen LogP contribution in [0.4, 0.5) is 0 Å². The van der Waals surface area contributed by atoms with Gasteiger partial charge in [0.1, 0.15) is 0 Å². The third kappa shape index (κ3) is 3.24. The van der Waals surface area contributed by atoms with Crippen LogP contribution in [0, 0.1) is 5.92 Å². The fourth-order valence-electron chi connectivity index (χ4n) is 2.31. The lowest BCUT2D eigenvalue weighted by atomic mass is 9.84. The molecule has 1 saturated carbocycles. The molecule has 0 heterocycles. The quantitative estimate of drug-likeness (QED) is 0.869. The summed E-state index contributed by atoms with van der Waals surface area (Å²) in [7, 11) is 1.62. The van der Waals surface area contributed by atoms with E-state index in [1.54, 1.807) is 7.11 Å². The Bertz CT molecular complexity index is 469. The van der Waals surface area contributed by atoms with Crippen molar-refractivity contribution in [2.24, 2.45) is 5.92 Å². The second-order valence-electron chi connectivity index (χ2n) is 5.20. The van der Waals surface area contributed by atoms with Crippen LogP contribution in [0.3, 0.4) is 0 Å².